The van der Waals surface area contributed by atoms with Crippen LogP contribution in [0.15, 0.2) is 24.3 Å². The molecule has 2 N–H and O–H groups in total. The molecule has 0 aliphatic heterocycles. The second-order valence-electron chi connectivity index (χ2n) is 4.69. The van der Waals surface area contributed by atoms with Gasteiger partial charge in [-0.3, -0.25) is 0 Å². The van der Waals surface area contributed by atoms with Crippen molar-refractivity contribution in [1.82, 2.24) is 0 Å². The molecule has 2 rings (SSSR count). The monoisotopic (exact) mass is 269 g/mol. The Kier molecular flexibility index (Phi) is 5.63. The highest BCUT2D eigenvalue weighted by atomic mass is 35.5. The van der Waals surface area contributed by atoms with Crippen LogP contribution in [0.3, 0.4) is 0 Å². The Bertz CT molecular complexity index is 403. The number of benzene rings is 1. The van der Waals surface area contributed by atoms with Crippen LogP contribution in [0.25, 0.3) is 0 Å². The van der Waals surface area contributed by atoms with Crippen molar-refractivity contribution in [1.29, 1.82) is 0 Å². The molecule has 1 atom stereocenters. The molecule has 0 unspecified atom stereocenters. The highest BCUT2D eigenvalue weighted by molar-refractivity contribution is 5.89. The Hall–Kier alpha value is -1.06. The maximum Gasteiger partial charge on any atom is 0.337 e. The molecule has 0 radical (unpaired) electrons. The minimum absolute atomic E-state index is 0. The predicted octanol–water partition coefficient (Wildman–Crippen LogP) is 3.09. The third kappa shape index (κ3) is 3.24. The van der Waals surface area contributed by atoms with Crippen LogP contribution in [-0.4, -0.2) is 13.1 Å². The van der Waals surface area contributed by atoms with E-state index in [1.54, 1.807) is 6.07 Å². The van der Waals surface area contributed by atoms with Crippen molar-refractivity contribution in [2.75, 3.05) is 7.11 Å². The highest BCUT2D eigenvalue weighted by Crippen LogP contribution is 2.34. The fourth-order valence-electron chi connectivity index (χ4n) is 2.58. The number of carbonyl (C=O) groups excluding carboxylic acids is 1. The van der Waals surface area contributed by atoms with Crippen molar-refractivity contribution in [3.05, 3.63) is 35.4 Å². The van der Waals surface area contributed by atoms with E-state index >= 15 is 0 Å². The SMILES string of the molecule is COC(=O)c1cccc([C@H](N)C2CCCC2)c1.Cl. The molecule has 1 aliphatic carbocycles. The third-order valence-corrected chi connectivity index (χ3v) is 3.60. The molecule has 0 aromatic heterocycles. The van der Waals surface area contributed by atoms with E-state index in [0.717, 1.165) is 5.56 Å². The van der Waals surface area contributed by atoms with E-state index in [1.165, 1.54) is 32.8 Å². The van der Waals surface area contributed by atoms with E-state index in [9.17, 15) is 4.79 Å². The van der Waals surface area contributed by atoms with Gasteiger partial charge >= 0.3 is 5.97 Å². The van der Waals surface area contributed by atoms with Gasteiger partial charge in [-0.05, 0) is 36.5 Å². The minimum atomic E-state index is -0.300. The maximum absolute atomic E-state index is 11.4. The zero-order valence-electron chi connectivity index (χ0n) is 10.6. The number of halogens is 1. The molecular formula is C14H20ClNO2. The first-order chi connectivity index (χ1) is 8.22. The predicted molar refractivity (Wildman–Crippen MR) is 73.9 cm³/mol. The Labute approximate surface area is 114 Å². The first-order valence-electron chi connectivity index (χ1n) is 6.16. The van der Waals surface area contributed by atoms with Crippen LogP contribution in [0.2, 0.25) is 0 Å². The zero-order chi connectivity index (χ0) is 12.3. The summed E-state index contributed by atoms with van der Waals surface area (Å²) in [5, 5.41) is 0. The molecular weight excluding hydrogens is 250 g/mol. The van der Waals surface area contributed by atoms with E-state index in [-0.39, 0.29) is 24.4 Å². The van der Waals surface area contributed by atoms with Crippen LogP contribution >= 0.6 is 12.4 Å². The van der Waals surface area contributed by atoms with E-state index < -0.39 is 0 Å². The van der Waals surface area contributed by atoms with Gasteiger partial charge in [-0.25, -0.2) is 4.79 Å². The Morgan fingerprint density at radius 3 is 2.67 bits per heavy atom. The second-order valence-corrected chi connectivity index (χ2v) is 4.69. The molecule has 100 valence electrons. The Balaban J connectivity index is 0.00000162. The summed E-state index contributed by atoms with van der Waals surface area (Å²) >= 11 is 0. The van der Waals surface area contributed by atoms with E-state index in [0.29, 0.717) is 11.5 Å². The largest absolute Gasteiger partial charge is 0.465 e. The topological polar surface area (TPSA) is 52.3 Å². The standard InChI is InChI=1S/C14H19NO2.ClH/c1-17-14(16)12-8-4-7-11(9-12)13(15)10-5-2-3-6-10;/h4,7-10,13H,2-3,5-6,15H2,1H3;1H/t13-;/m1./s1. The molecule has 3 nitrogen and oxygen atoms in total. The summed E-state index contributed by atoms with van der Waals surface area (Å²) in [4.78, 5) is 11.4. The van der Waals surface area contributed by atoms with Gasteiger partial charge in [0, 0.05) is 6.04 Å². The summed E-state index contributed by atoms with van der Waals surface area (Å²) in [6.45, 7) is 0. The number of hydrogen-bond acceptors (Lipinski definition) is 3. The molecule has 1 aromatic rings. The average Bonchev–Trinajstić information content (AvgIpc) is 2.91. The van der Waals surface area contributed by atoms with Gasteiger partial charge in [0.2, 0.25) is 0 Å². The lowest BCUT2D eigenvalue weighted by molar-refractivity contribution is 0.0600. The number of rotatable bonds is 3. The van der Waals surface area contributed by atoms with Crippen LogP contribution in [0.5, 0.6) is 0 Å². The van der Waals surface area contributed by atoms with Gasteiger partial charge in [0.15, 0.2) is 0 Å². The van der Waals surface area contributed by atoms with E-state index in [1.807, 2.05) is 18.2 Å². The fraction of sp³-hybridized carbons (Fsp3) is 0.500. The average molecular weight is 270 g/mol. The first kappa shape index (κ1) is 15.0. The molecule has 0 bridgehead atoms. The fourth-order valence-corrected chi connectivity index (χ4v) is 2.58. The highest BCUT2D eigenvalue weighted by Gasteiger charge is 2.23. The van der Waals surface area contributed by atoms with Crippen molar-refractivity contribution in [2.24, 2.45) is 11.7 Å². The van der Waals surface area contributed by atoms with Crippen LogP contribution in [0, 0.1) is 5.92 Å². The molecule has 18 heavy (non-hydrogen) atoms. The molecule has 1 aliphatic rings. The number of hydrogen-bond donors (Lipinski definition) is 1. The molecule has 4 heteroatoms. The van der Waals surface area contributed by atoms with E-state index in [2.05, 4.69) is 0 Å². The third-order valence-electron chi connectivity index (χ3n) is 3.60. The molecule has 1 aromatic carbocycles. The second kappa shape index (κ2) is 6.76. The van der Waals surface area contributed by atoms with Gasteiger partial charge in [-0.15, -0.1) is 12.4 Å². The van der Waals surface area contributed by atoms with Gasteiger partial charge in [0.05, 0.1) is 12.7 Å². The van der Waals surface area contributed by atoms with Gasteiger partial charge in [0.25, 0.3) is 0 Å². The van der Waals surface area contributed by atoms with Crippen molar-refractivity contribution >= 4 is 18.4 Å². The first-order valence-corrected chi connectivity index (χ1v) is 6.16. The van der Waals surface area contributed by atoms with Crippen molar-refractivity contribution < 1.29 is 9.53 Å². The van der Waals surface area contributed by atoms with E-state index in [4.69, 9.17) is 10.5 Å². The molecule has 0 heterocycles. The molecule has 0 spiro atoms. The summed E-state index contributed by atoms with van der Waals surface area (Å²) < 4.78 is 4.72. The summed E-state index contributed by atoms with van der Waals surface area (Å²) in [6.07, 6.45) is 4.94. The number of ether oxygens (including phenoxy) is 1. The smallest absolute Gasteiger partial charge is 0.337 e. The minimum Gasteiger partial charge on any atom is -0.465 e. The number of methoxy groups -OCH3 is 1. The van der Waals surface area contributed by atoms with Gasteiger partial charge < -0.3 is 10.5 Å². The van der Waals surface area contributed by atoms with Gasteiger partial charge in [-0.1, -0.05) is 25.0 Å². The van der Waals surface area contributed by atoms with Crippen LogP contribution < -0.4 is 5.73 Å². The molecule has 0 saturated heterocycles. The lowest BCUT2D eigenvalue weighted by Crippen LogP contribution is -2.19. The van der Waals surface area contributed by atoms with Crippen LogP contribution in [0.1, 0.15) is 47.6 Å². The summed E-state index contributed by atoms with van der Waals surface area (Å²) in [7, 11) is 1.39. The van der Waals surface area contributed by atoms with Crippen molar-refractivity contribution in [3.8, 4) is 0 Å². The Morgan fingerprint density at radius 2 is 2.06 bits per heavy atom. The van der Waals surface area contributed by atoms with Crippen molar-refractivity contribution in [3.63, 3.8) is 0 Å². The summed E-state index contributed by atoms with van der Waals surface area (Å²) in [6, 6.07) is 7.53. The molecule has 1 fully saturated rings. The summed E-state index contributed by atoms with van der Waals surface area (Å²) in [5.41, 5.74) is 7.88. The zero-order valence-corrected chi connectivity index (χ0v) is 11.4. The normalized spacial score (nSPS) is 17.0. The lowest BCUT2D eigenvalue weighted by atomic mass is 9.91. The molecule has 0 amide bonds. The lowest BCUT2D eigenvalue weighted by Gasteiger charge is -2.19. The van der Waals surface area contributed by atoms with Gasteiger partial charge in [0.1, 0.15) is 0 Å². The summed E-state index contributed by atoms with van der Waals surface area (Å²) in [5.74, 6) is 0.258. The Morgan fingerprint density at radius 1 is 1.39 bits per heavy atom. The maximum atomic E-state index is 11.4. The van der Waals surface area contributed by atoms with Crippen LogP contribution in [0.4, 0.5) is 0 Å². The van der Waals surface area contributed by atoms with Crippen LogP contribution in [-0.2, 0) is 4.74 Å². The quantitative estimate of drug-likeness (QED) is 0.858. The molecule has 1 saturated carbocycles. The number of nitrogens with two attached hydrogens (primary N) is 1. The number of esters is 1. The number of carbonyl (C=O) groups is 1. The van der Waals surface area contributed by atoms with Gasteiger partial charge in [-0.2, -0.15) is 0 Å². The van der Waals surface area contributed by atoms with Crippen molar-refractivity contribution in [2.45, 2.75) is 31.7 Å².